The van der Waals surface area contributed by atoms with E-state index < -0.39 is 5.97 Å². The van der Waals surface area contributed by atoms with Crippen LogP contribution in [0.1, 0.15) is 47.6 Å². The van der Waals surface area contributed by atoms with Gasteiger partial charge in [-0.2, -0.15) is 0 Å². The van der Waals surface area contributed by atoms with E-state index in [-0.39, 0.29) is 5.70 Å². The van der Waals surface area contributed by atoms with Gasteiger partial charge in [0.2, 0.25) is 5.90 Å². The Labute approximate surface area is 208 Å². The van der Waals surface area contributed by atoms with Crippen LogP contribution in [0.25, 0.3) is 6.08 Å². The first-order chi connectivity index (χ1) is 16.3. The summed E-state index contributed by atoms with van der Waals surface area (Å²) in [5.74, 6) is 1.38. The maximum absolute atomic E-state index is 12.5. The lowest BCUT2D eigenvalue weighted by atomic mass is 10.0. The van der Waals surface area contributed by atoms with Crippen molar-refractivity contribution in [3.8, 4) is 11.5 Å². The van der Waals surface area contributed by atoms with Crippen LogP contribution < -0.4 is 9.47 Å². The van der Waals surface area contributed by atoms with Gasteiger partial charge in [0.25, 0.3) is 0 Å². The van der Waals surface area contributed by atoms with E-state index in [1.54, 1.807) is 19.3 Å². The van der Waals surface area contributed by atoms with Gasteiger partial charge in [0, 0.05) is 5.56 Å². The van der Waals surface area contributed by atoms with Crippen molar-refractivity contribution in [2.45, 2.75) is 33.3 Å². The largest absolute Gasteiger partial charge is 0.493 e. The third-order valence-electron chi connectivity index (χ3n) is 5.50. The molecule has 0 unspecified atom stereocenters. The molecule has 4 rings (SSSR count). The number of carbonyl (C=O) groups is 1. The fourth-order valence-corrected chi connectivity index (χ4v) is 4.08. The number of esters is 1. The van der Waals surface area contributed by atoms with Crippen molar-refractivity contribution in [3.05, 3.63) is 98.7 Å². The van der Waals surface area contributed by atoms with Crippen molar-refractivity contribution in [1.82, 2.24) is 0 Å². The smallest absolute Gasteiger partial charge is 0.363 e. The van der Waals surface area contributed by atoms with Gasteiger partial charge >= 0.3 is 5.97 Å². The van der Waals surface area contributed by atoms with Gasteiger partial charge in [0.05, 0.1) is 11.6 Å². The molecule has 0 radical (unpaired) electrons. The van der Waals surface area contributed by atoms with E-state index >= 15 is 0 Å². The number of benzene rings is 3. The summed E-state index contributed by atoms with van der Waals surface area (Å²) in [6.45, 7) is 6.72. The third-order valence-corrected chi connectivity index (χ3v) is 6.09. The fourth-order valence-electron chi connectivity index (χ4n) is 3.50. The predicted molar refractivity (Wildman–Crippen MR) is 137 cm³/mol. The van der Waals surface area contributed by atoms with Crippen LogP contribution in [-0.2, 0) is 16.1 Å². The summed E-state index contributed by atoms with van der Waals surface area (Å²) in [6.07, 6.45) is 1.68. The Bertz CT molecular complexity index is 1260. The van der Waals surface area contributed by atoms with Crippen LogP contribution in [0.3, 0.4) is 0 Å². The molecular formula is C28H26BrNO4. The van der Waals surface area contributed by atoms with Crippen LogP contribution in [0, 0.1) is 6.92 Å². The van der Waals surface area contributed by atoms with Crippen molar-refractivity contribution in [2.75, 3.05) is 7.11 Å². The standard InChI is InChI=1S/C28H26BrNO4/c1-17(2)21-9-11-22(12-10-21)27-30-24(28(31)34-27)14-20-13-23(29)26(25(15-20)32-4)33-16-19-7-5-18(3)6-8-19/h5-15,17H,16H2,1-4H3/b24-14-. The first kappa shape index (κ1) is 23.8. The molecule has 34 heavy (non-hydrogen) atoms. The summed E-state index contributed by atoms with van der Waals surface area (Å²) in [6, 6.07) is 19.7. The average molecular weight is 520 g/mol. The number of carbonyl (C=O) groups excluding carboxylic acids is 1. The minimum absolute atomic E-state index is 0.227. The molecule has 3 aromatic rings. The van der Waals surface area contributed by atoms with Crippen molar-refractivity contribution < 1.29 is 19.0 Å². The van der Waals surface area contributed by atoms with Crippen LogP contribution in [0.2, 0.25) is 0 Å². The van der Waals surface area contributed by atoms with Crippen LogP contribution >= 0.6 is 15.9 Å². The van der Waals surface area contributed by atoms with E-state index in [0.717, 1.165) is 16.7 Å². The minimum atomic E-state index is -0.488. The van der Waals surface area contributed by atoms with E-state index in [0.29, 0.717) is 34.4 Å². The Morgan fingerprint density at radius 3 is 2.41 bits per heavy atom. The average Bonchev–Trinajstić information content (AvgIpc) is 3.19. The molecular weight excluding hydrogens is 494 g/mol. The van der Waals surface area contributed by atoms with Crippen molar-refractivity contribution in [1.29, 1.82) is 0 Å². The zero-order chi connectivity index (χ0) is 24.2. The van der Waals surface area contributed by atoms with Gasteiger partial charge < -0.3 is 14.2 Å². The van der Waals surface area contributed by atoms with E-state index in [4.69, 9.17) is 14.2 Å². The highest BCUT2D eigenvalue weighted by Crippen LogP contribution is 2.38. The normalized spacial score (nSPS) is 14.4. The van der Waals surface area contributed by atoms with Gasteiger partial charge in [0.15, 0.2) is 17.2 Å². The Morgan fingerprint density at radius 1 is 1.06 bits per heavy atom. The molecule has 1 heterocycles. The van der Waals surface area contributed by atoms with E-state index in [2.05, 4.69) is 34.8 Å². The van der Waals surface area contributed by atoms with Gasteiger partial charge in [-0.25, -0.2) is 9.79 Å². The number of rotatable bonds is 7. The number of hydrogen-bond acceptors (Lipinski definition) is 5. The number of nitrogens with zero attached hydrogens (tertiary/aromatic N) is 1. The molecule has 0 saturated carbocycles. The first-order valence-electron chi connectivity index (χ1n) is 11.0. The fraction of sp³-hybridized carbons (Fsp3) is 0.214. The van der Waals surface area contributed by atoms with E-state index in [1.165, 1.54) is 11.1 Å². The second kappa shape index (κ2) is 10.3. The number of aryl methyl sites for hydroxylation is 1. The SMILES string of the molecule is COc1cc(/C=C2\N=C(c3ccc(C(C)C)cc3)OC2=O)cc(Br)c1OCc1ccc(C)cc1. The van der Waals surface area contributed by atoms with Crippen molar-refractivity contribution in [3.63, 3.8) is 0 Å². The van der Waals surface area contributed by atoms with E-state index in [9.17, 15) is 4.79 Å². The zero-order valence-corrected chi connectivity index (χ0v) is 21.2. The molecule has 0 fully saturated rings. The highest BCUT2D eigenvalue weighted by Gasteiger charge is 2.24. The number of cyclic esters (lactones) is 1. The summed E-state index contributed by atoms with van der Waals surface area (Å²) in [4.78, 5) is 16.9. The summed E-state index contributed by atoms with van der Waals surface area (Å²) < 4.78 is 17.7. The van der Waals surface area contributed by atoms with E-state index in [1.807, 2.05) is 61.5 Å². The molecule has 5 nitrogen and oxygen atoms in total. The molecule has 0 spiro atoms. The monoisotopic (exact) mass is 519 g/mol. The zero-order valence-electron chi connectivity index (χ0n) is 19.6. The number of methoxy groups -OCH3 is 1. The molecule has 0 saturated heterocycles. The highest BCUT2D eigenvalue weighted by molar-refractivity contribution is 9.10. The second-order valence-electron chi connectivity index (χ2n) is 8.42. The lowest BCUT2D eigenvalue weighted by Crippen LogP contribution is -2.05. The lowest BCUT2D eigenvalue weighted by molar-refractivity contribution is -0.129. The summed E-state index contributed by atoms with van der Waals surface area (Å²) >= 11 is 3.57. The maximum Gasteiger partial charge on any atom is 0.363 e. The molecule has 3 aromatic carbocycles. The molecule has 6 heteroatoms. The molecule has 0 aliphatic carbocycles. The number of halogens is 1. The topological polar surface area (TPSA) is 57.1 Å². The molecule has 1 aliphatic rings. The molecule has 174 valence electrons. The quantitative estimate of drug-likeness (QED) is 0.254. The van der Waals surface area contributed by atoms with Gasteiger partial charge in [0.1, 0.15) is 6.61 Å². The maximum atomic E-state index is 12.5. The lowest BCUT2D eigenvalue weighted by Gasteiger charge is -2.14. The molecule has 0 atom stereocenters. The molecule has 1 aliphatic heterocycles. The van der Waals surface area contributed by atoms with Gasteiger partial charge in [-0.05, 0) is 75.8 Å². The summed E-state index contributed by atoms with van der Waals surface area (Å²) in [5, 5.41) is 0. The third kappa shape index (κ3) is 5.39. The van der Waals surface area contributed by atoms with Crippen LogP contribution in [0.15, 0.2) is 75.8 Å². The summed E-state index contributed by atoms with van der Waals surface area (Å²) in [7, 11) is 1.58. The molecule has 0 bridgehead atoms. The van der Waals surface area contributed by atoms with Crippen LogP contribution in [0.4, 0.5) is 0 Å². The Hall–Kier alpha value is -3.38. The molecule has 0 N–H and O–H groups in total. The minimum Gasteiger partial charge on any atom is -0.493 e. The number of hydrogen-bond donors (Lipinski definition) is 0. The molecule has 0 amide bonds. The van der Waals surface area contributed by atoms with Crippen LogP contribution in [-0.4, -0.2) is 19.0 Å². The van der Waals surface area contributed by atoms with Gasteiger partial charge in [-0.1, -0.05) is 55.8 Å². The van der Waals surface area contributed by atoms with Crippen molar-refractivity contribution >= 4 is 33.9 Å². The summed E-state index contributed by atoms with van der Waals surface area (Å²) in [5.41, 5.74) is 5.20. The molecule has 0 aromatic heterocycles. The first-order valence-corrected chi connectivity index (χ1v) is 11.8. The number of aliphatic imine (C=N–C) groups is 1. The van der Waals surface area contributed by atoms with Gasteiger partial charge in [-0.15, -0.1) is 0 Å². The number of ether oxygens (including phenoxy) is 3. The van der Waals surface area contributed by atoms with Crippen molar-refractivity contribution in [2.24, 2.45) is 4.99 Å². The predicted octanol–water partition coefficient (Wildman–Crippen LogP) is 6.81. The highest BCUT2D eigenvalue weighted by atomic mass is 79.9. The Morgan fingerprint density at radius 2 is 1.76 bits per heavy atom. The Balaban J connectivity index is 1.56. The van der Waals surface area contributed by atoms with Gasteiger partial charge in [-0.3, -0.25) is 0 Å². The second-order valence-corrected chi connectivity index (χ2v) is 9.28. The van der Waals surface area contributed by atoms with Crippen LogP contribution in [0.5, 0.6) is 11.5 Å². The Kier molecular flexibility index (Phi) is 7.17.